The van der Waals surface area contributed by atoms with Gasteiger partial charge >= 0.3 is 0 Å². The smallest absolute Gasteiger partial charge is 0.278 e. The van der Waals surface area contributed by atoms with E-state index in [1.807, 2.05) is 50.2 Å². The van der Waals surface area contributed by atoms with Gasteiger partial charge in [0.15, 0.2) is 0 Å². The van der Waals surface area contributed by atoms with E-state index >= 15 is 0 Å². The van der Waals surface area contributed by atoms with E-state index in [4.69, 9.17) is 4.98 Å². The minimum Gasteiger partial charge on any atom is -0.348 e. The first-order valence-electron chi connectivity index (χ1n) is 9.98. The van der Waals surface area contributed by atoms with Crippen LogP contribution in [0.5, 0.6) is 0 Å². The number of hydrogen-bond donors (Lipinski definition) is 1. The Balaban J connectivity index is 1.63. The third kappa shape index (κ3) is 3.46. The molecule has 2 aromatic heterocycles. The summed E-state index contributed by atoms with van der Waals surface area (Å²) in [6, 6.07) is 11.7. The first-order valence-corrected chi connectivity index (χ1v) is 9.98. The Kier molecular flexibility index (Phi) is 5.03. The fourth-order valence-electron chi connectivity index (χ4n) is 4.02. The van der Waals surface area contributed by atoms with Crippen LogP contribution in [-0.4, -0.2) is 20.0 Å². The highest BCUT2D eigenvalue weighted by atomic mass is 16.2. The Bertz CT molecular complexity index is 1070. The molecule has 1 N–H and O–H groups in total. The molecule has 4 rings (SSSR count). The van der Waals surface area contributed by atoms with Crippen molar-refractivity contribution in [3.63, 3.8) is 0 Å². The maximum Gasteiger partial charge on any atom is 0.278 e. The molecule has 1 aliphatic heterocycles. The molecule has 28 heavy (non-hydrogen) atoms. The van der Waals surface area contributed by atoms with Crippen LogP contribution in [-0.2, 0) is 24.3 Å². The summed E-state index contributed by atoms with van der Waals surface area (Å²) < 4.78 is 3.60. The van der Waals surface area contributed by atoms with Gasteiger partial charge in [-0.1, -0.05) is 36.8 Å². The molecule has 146 valence electrons. The Morgan fingerprint density at radius 3 is 2.79 bits per heavy atom. The number of carbonyl (C=O) groups is 1. The molecule has 6 nitrogen and oxygen atoms in total. The van der Waals surface area contributed by atoms with Crippen molar-refractivity contribution in [3.05, 3.63) is 63.8 Å². The summed E-state index contributed by atoms with van der Waals surface area (Å²) in [5.74, 6) is 0.755. The van der Waals surface area contributed by atoms with Crippen molar-refractivity contribution in [2.24, 2.45) is 0 Å². The van der Waals surface area contributed by atoms with Crippen molar-refractivity contribution in [3.8, 4) is 0 Å². The second kappa shape index (κ2) is 7.62. The van der Waals surface area contributed by atoms with Crippen LogP contribution in [0.2, 0.25) is 0 Å². The molecule has 1 amide bonds. The molecule has 6 heteroatoms. The predicted octanol–water partition coefficient (Wildman–Crippen LogP) is 3.11. The standard InChI is InChI=1S/C22H26N4O2/c1-15-13-18-21(22(28)25-12-8-4-7-11-19(25)24-18)26(15)14-20(27)23-16(2)17-9-5-3-6-10-17/h3,5-6,9-10,13,16H,4,7-8,11-12,14H2,1-2H3,(H,23,27)/t16-/m1/s1. The Morgan fingerprint density at radius 1 is 1.21 bits per heavy atom. The highest BCUT2D eigenvalue weighted by molar-refractivity contribution is 5.81. The number of aryl methyl sites for hydroxylation is 2. The number of hydrogen-bond acceptors (Lipinski definition) is 3. The monoisotopic (exact) mass is 378 g/mol. The lowest BCUT2D eigenvalue weighted by atomic mass is 10.1. The molecular weight excluding hydrogens is 352 g/mol. The molecule has 0 bridgehead atoms. The van der Waals surface area contributed by atoms with Crippen LogP contribution < -0.4 is 10.9 Å². The molecule has 3 heterocycles. The van der Waals surface area contributed by atoms with Crippen LogP contribution in [0.25, 0.3) is 11.0 Å². The number of fused-ring (bicyclic) bond motifs is 2. The van der Waals surface area contributed by atoms with Gasteiger partial charge in [-0.15, -0.1) is 0 Å². The first-order chi connectivity index (χ1) is 13.5. The third-order valence-electron chi connectivity index (χ3n) is 5.55. The largest absolute Gasteiger partial charge is 0.348 e. The molecule has 1 aliphatic rings. The maximum absolute atomic E-state index is 13.2. The van der Waals surface area contributed by atoms with Crippen molar-refractivity contribution in [1.82, 2.24) is 19.4 Å². The van der Waals surface area contributed by atoms with E-state index in [-0.39, 0.29) is 24.1 Å². The van der Waals surface area contributed by atoms with Crippen LogP contribution >= 0.6 is 0 Å². The van der Waals surface area contributed by atoms with Gasteiger partial charge < -0.3 is 9.88 Å². The van der Waals surface area contributed by atoms with Crippen molar-refractivity contribution >= 4 is 16.9 Å². The molecule has 0 aliphatic carbocycles. The molecular formula is C22H26N4O2. The van der Waals surface area contributed by atoms with Crippen molar-refractivity contribution in [2.45, 2.75) is 58.7 Å². The summed E-state index contributed by atoms with van der Waals surface area (Å²) in [7, 11) is 0. The Hall–Kier alpha value is -2.89. The summed E-state index contributed by atoms with van der Waals surface area (Å²) in [4.78, 5) is 30.6. The summed E-state index contributed by atoms with van der Waals surface area (Å²) >= 11 is 0. The van der Waals surface area contributed by atoms with Gasteiger partial charge in [-0.25, -0.2) is 4.98 Å². The lowest BCUT2D eigenvalue weighted by molar-refractivity contribution is -0.122. The summed E-state index contributed by atoms with van der Waals surface area (Å²) in [6.45, 7) is 4.70. The summed E-state index contributed by atoms with van der Waals surface area (Å²) in [6.07, 6.45) is 4.02. The van der Waals surface area contributed by atoms with E-state index in [0.717, 1.165) is 42.8 Å². The number of nitrogens with zero attached hydrogens (tertiary/aromatic N) is 3. The fraction of sp³-hybridized carbons (Fsp3) is 0.409. The lowest BCUT2D eigenvalue weighted by Gasteiger charge is -2.16. The molecule has 1 atom stereocenters. The van der Waals surface area contributed by atoms with Gasteiger partial charge in [-0.05, 0) is 38.3 Å². The summed E-state index contributed by atoms with van der Waals surface area (Å²) in [5.41, 5.74) is 3.13. The molecule has 0 unspecified atom stereocenters. The fourth-order valence-corrected chi connectivity index (χ4v) is 4.02. The van der Waals surface area contributed by atoms with Crippen LogP contribution in [0.3, 0.4) is 0 Å². The minimum atomic E-state index is -0.115. The SMILES string of the molecule is Cc1cc2nc3n(c(=O)c2n1CC(=O)N[C@H](C)c1ccccc1)CCCCC3. The average molecular weight is 378 g/mol. The predicted molar refractivity (Wildman–Crippen MR) is 109 cm³/mol. The zero-order valence-corrected chi connectivity index (χ0v) is 16.4. The molecule has 0 fully saturated rings. The lowest BCUT2D eigenvalue weighted by Crippen LogP contribution is -2.32. The van der Waals surface area contributed by atoms with Crippen molar-refractivity contribution < 1.29 is 4.79 Å². The van der Waals surface area contributed by atoms with E-state index < -0.39 is 0 Å². The van der Waals surface area contributed by atoms with Gasteiger partial charge in [0.1, 0.15) is 17.9 Å². The van der Waals surface area contributed by atoms with Gasteiger partial charge in [0.05, 0.1) is 11.6 Å². The highest BCUT2D eigenvalue weighted by Gasteiger charge is 2.20. The first kappa shape index (κ1) is 18.5. The minimum absolute atomic E-state index is 0.0288. The Labute approximate surface area is 164 Å². The topological polar surface area (TPSA) is 68.9 Å². The number of benzene rings is 1. The van der Waals surface area contributed by atoms with Crippen molar-refractivity contribution in [1.29, 1.82) is 0 Å². The molecule has 1 aromatic carbocycles. The van der Waals surface area contributed by atoms with Gasteiger partial charge in [0.25, 0.3) is 5.56 Å². The molecule has 3 aromatic rings. The number of rotatable bonds is 4. The van der Waals surface area contributed by atoms with Gasteiger partial charge in [-0.2, -0.15) is 0 Å². The second-order valence-electron chi connectivity index (χ2n) is 7.60. The quantitative estimate of drug-likeness (QED) is 0.758. The number of nitrogens with one attached hydrogen (secondary N) is 1. The molecule has 0 spiro atoms. The molecule has 0 saturated carbocycles. The second-order valence-corrected chi connectivity index (χ2v) is 7.60. The van der Waals surface area contributed by atoms with E-state index in [9.17, 15) is 9.59 Å². The van der Waals surface area contributed by atoms with Crippen LogP contribution in [0.1, 0.15) is 49.3 Å². The van der Waals surface area contributed by atoms with E-state index in [2.05, 4.69) is 5.32 Å². The van der Waals surface area contributed by atoms with Gasteiger partial charge in [0.2, 0.25) is 5.91 Å². The van der Waals surface area contributed by atoms with Crippen LogP contribution in [0.15, 0.2) is 41.2 Å². The zero-order chi connectivity index (χ0) is 19.7. The van der Waals surface area contributed by atoms with E-state index in [0.29, 0.717) is 17.6 Å². The van der Waals surface area contributed by atoms with Crippen molar-refractivity contribution in [2.75, 3.05) is 0 Å². The molecule has 0 saturated heterocycles. The van der Waals surface area contributed by atoms with Crippen LogP contribution in [0.4, 0.5) is 0 Å². The maximum atomic E-state index is 13.2. The normalized spacial score (nSPS) is 15.1. The molecule has 0 radical (unpaired) electrons. The van der Waals surface area contributed by atoms with E-state index in [1.165, 1.54) is 0 Å². The number of carbonyl (C=O) groups excluding carboxylic acids is 1. The Morgan fingerprint density at radius 2 is 2.00 bits per heavy atom. The average Bonchev–Trinajstić information content (AvgIpc) is 2.84. The summed E-state index contributed by atoms with van der Waals surface area (Å²) in [5, 5.41) is 3.03. The number of amides is 1. The highest BCUT2D eigenvalue weighted by Crippen LogP contribution is 2.19. The number of aromatic nitrogens is 3. The zero-order valence-electron chi connectivity index (χ0n) is 16.4. The van der Waals surface area contributed by atoms with E-state index in [1.54, 1.807) is 9.13 Å². The third-order valence-corrected chi connectivity index (χ3v) is 5.55. The van der Waals surface area contributed by atoms with Gasteiger partial charge in [-0.3, -0.25) is 14.2 Å². The van der Waals surface area contributed by atoms with Crippen LogP contribution in [0, 0.1) is 6.92 Å². The van der Waals surface area contributed by atoms with Gasteiger partial charge in [0, 0.05) is 18.7 Å².